The average molecular weight is 338 g/mol. The molecule has 4 heteroatoms. The summed E-state index contributed by atoms with van der Waals surface area (Å²) in [7, 11) is 0. The highest BCUT2D eigenvalue weighted by Crippen LogP contribution is 2.60. The summed E-state index contributed by atoms with van der Waals surface area (Å²) in [5.74, 6) is 2.08. The van der Waals surface area contributed by atoms with Gasteiger partial charge in [0.1, 0.15) is 0 Å². The second-order valence-electron chi connectivity index (χ2n) is 9.05. The number of anilines is 1. The minimum absolute atomic E-state index is 0.00588. The summed E-state index contributed by atoms with van der Waals surface area (Å²) in [6.07, 6.45) is 8.66. The molecule has 1 saturated heterocycles. The van der Waals surface area contributed by atoms with Crippen molar-refractivity contribution < 1.29 is 9.59 Å². The molecule has 4 saturated carbocycles. The normalized spacial score (nSPS) is 39.2. The largest absolute Gasteiger partial charge is 0.369 e. The molecule has 1 aromatic rings. The summed E-state index contributed by atoms with van der Waals surface area (Å²) in [6.45, 7) is 0.422. The Kier molecular flexibility index (Phi) is 3.28. The van der Waals surface area contributed by atoms with Crippen LogP contribution in [0.25, 0.3) is 0 Å². The number of primary amides is 1. The monoisotopic (exact) mass is 338 g/mol. The third-order valence-electron chi connectivity index (χ3n) is 7.36. The number of benzene rings is 1. The van der Waals surface area contributed by atoms with Gasteiger partial charge in [-0.2, -0.15) is 0 Å². The van der Waals surface area contributed by atoms with E-state index in [4.69, 9.17) is 5.73 Å². The number of amides is 2. The Labute approximate surface area is 148 Å². The molecule has 5 fully saturated rings. The smallest absolute Gasteiger partial charge is 0.227 e. The minimum atomic E-state index is -0.374. The maximum Gasteiger partial charge on any atom is 0.227 e. The SMILES string of the molecule is NC(=O)[C@@H]1CC(=O)N(c2ccc(C34CC5CC(CC(C5)C3)C4)cc2)C1. The molecule has 0 spiro atoms. The van der Waals surface area contributed by atoms with Gasteiger partial charge in [0.15, 0.2) is 0 Å². The van der Waals surface area contributed by atoms with Crippen molar-refractivity contribution in [3.8, 4) is 0 Å². The second-order valence-corrected chi connectivity index (χ2v) is 9.05. The zero-order valence-electron chi connectivity index (χ0n) is 14.6. The highest BCUT2D eigenvalue weighted by molar-refractivity contribution is 6.00. The lowest BCUT2D eigenvalue weighted by molar-refractivity contribution is -0.123. The summed E-state index contributed by atoms with van der Waals surface area (Å²) < 4.78 is 0. The van der Waals surface area contributed by atoms with Crippen LogP contribution in [0.4, 0.5) is 5.69 Å². The van der Waals surface area contributed by atoms with Gasteiger partial charge in [-0.15, -0.1) is 0 Å². The maximum atomic E-state index is 12.2. The van der Waals surface area contributed by atoms with Crippen molar-refractivity contribution in [3.63, 3.8) is 0 Å². The van der Waals surface area contributed by atoms with E-state index in [0.717, 1.165) is 23.4 Å². The van der Waals surface area contributed by atoms with E-state index >= 15 is 0 Å². The first-order valence-electron chi connectivity index (χ1n) is 9.73. The molecule has 0 aromatic heterocycles. The van der Waals surface area contributed by atoms with E-state index in [1.807, 2.05) is 0 Å². The molecule has 2 N–H and O–H groups in total. The zero-order valence-corrected chi connectivity index (χ0v) is 14.6. The van der Waals surface area contributed by atoms with Gasteiger partial charge < -0.3 is 10.6 Å². The first kappa shape index (κ1) is 15.4. The standard InChI is InChI=1S/C21H26N2O2/c22-20(25)16-8-19(24)23(12-16)18-3-1-17(2-4-18)21-9-13-5-14(10-21)7-15(6-13)11-21/h1-4,13-16H,5-12H2,(H2,22,25)/t13?,14?,15?,16-,21?/m1/s1. The van der Waals surface area contributed by atoms with Gasteiger partial charge in [-0.1, -0.05) is 12.1 Å². The van der Waals surface area contributed by atoms with Crippen molar-refractivity contribution in [1.29, 1.82) is 0 Å². The lowest BCUT2D eigenvalue weighted by Crippen LogP contribution is -2.48. The summed E-state index contributed by atoms with van der Waals surface area (Å²) in [6, 6.07) is 8.64. The van der Waals surface area contributed by atoms with Gasteiger partial charge in [0, 0.05) is 18.7 Å². The Hall–Kier alpha value is -1.84. The Bertz CT molecular complexity index is 689. The maximum absolute atomic E-state index is 12.2. The van der Waals surface area contributed by atoms with Crippen molar-refractivity contribution in [2.24, 2.45) is 29.4 Å². The molecule has 6 rings (SSSR count). The van der Waals surface area contributed by atoms with Crippen molar-refractivity contribution in [2.75, 3.05) is 11.4 Å². The van der Waals surface area contributed by atoms with Crippen LogP contribution in [-0.4, -0.2) is 18.4 Å². The molecule has 4 bridgehead atoms. The molecule has 0 radical (unpaired) electrons. The predicted octanol–water partition coefficient (Wildman–Crippen LogP) is 2.99. The summed E-state index contributed by atoms with van der Waals surface area (Å²) in [5, 5.41) is 0. The summed E-state index contributed by atoms with van der Waals surface area (Å²) >= 11 is 0. The number of rotatable bonds is 3. The molecule has 1 heterocycles. The lowest BCUT2D eigenvalue weighted by Gasteiger charge is -2.57. The molecule has 1 aliphatic heterocycles. The molecule has 25 heavy (non-hydrogen) atoms. The minimum Gasteiger partial charge on any atom is -0.369 e. The van der Waals surface area contributed by atoms with Crippen LogP contribution in [0.15, 0.2) is 24.3 Å². The second kappa shape index (κ2) is 5.33. The molecule has 0 unspecified atom stereocenters. The topological polar surface area (TPSA) is 63.4 Å². The number of hydrogen-bond acceptors (Lipinski definition) is 2. The molecule has 132 valence electrons. The first-order valence-corrected chi connectivity index (χ1v) is 9.73. The lowest BCUT2D eigenvalue weighted by atomic mass is 9.48. The number of carbonyl (C=O) groups is 2. The Balaban J connectivity index is 1.39. The van der Waals surface area contributed by atoms with Crippen LogP contribution in [0.1, 0.15) is 50.5 Å². The van der Waals surface area contributed by atoms with E-state index in [1.165, 1.54) is 44.1 Å². The van der Waals surface area contributed by atoms with Crippen LogP contribution in [0.5, 0.6) is 0 Å². The molecule has 4 aliphatic carbocycles. The van der Waals surface area contributed by atoms with Crippen molar-refractivity contribution >= 4 is 17.5 Å². The summed E-state index contributed by atoms with van der Waals surface area (Å²) in [5.41, 5.74) is 8.13. The van der Waals surface area contributed by atoms with Crippen molar-refractivity contribution in [3.05, 3.63) is 29.8 Å². The van der Waals surface area contributed by atoms with Crippen LogP contribution >= 0.6 is 0 Å². The van der Waals surface area contributed by atoms with E-state index < -0.39 is 0 Å². The number of carbonyl (C=O) groups excluding carboxylic acids is 2. The third-order valence-corrected chi connectivity index (χ3v) is 7.36. The van der Waals surface area contributed by atoms with Gasteiger partial charge in [-0.3, -0.25) is 9.59 Å². The zero-order chi connectivity index (χ0) is 17.2. The van der Waals surface area contributed by atoms with Crippen LogP contribution in [-0.2, 0) is 15.0 Å². The van der Waals surface area contributed by atoms with Crippen LogP contribution in [0, 0.1) is 23.7 Å². The number of nitrogens with zero attached hydrogens (tertiary/aromatic N) is 1. The van der Waals surface area contributed by atoms with E-state index in [2.05, 4.69) is 24.3 Å². The third kappa shape index (κ3) is 2.41. The highest BCUT2D eigenvalue weighted by atomic mass is 16.2. The van der Waals surface area contributed by atoms with E-state index in [0.29, 0.717) is 12.0 Å². The number of hydrogen-bond donors (Lipinski definition) is 1. The fraction of sp³-hybridized carbons (Fsp3) is 0.619. The van der Waals surface area contributed by atoms with Gasteiger partial charge in [0.25, 0.3) is 0 Å². The Morgan fingerprint density at radius 3 is 2.04 bits per heavy atom. The fourth-order valence-electron chi connectivity index (χ4n) is 6.61. The van der Waals surface area contributed by atoms with Gasteiger partial charge in [-0.05, 0) is 79.4 Å². The van der Waals surface area contributed by atoms with Crippen LogP contribution in [0.3, 0.4) is 0 Å². The highest BCUT2D eigenvalue weighted by Gasteiger charge is 2.51. The van der Waals surface area contributed by atoms with Gasteiger partial charge >= 0.3 is 0 Å². The molecule has 4 nitrogen and oxygen atoms in total. The molecule has 2 amide bonds. The van der Waals surface area contributed by atoms with Crippen molar-refractivity contribution in [1.82, 2.24) is 0 Å². The predicted molar refractivity (Wildman–Crippen MR) is 95.9 cm³/mol. The Morgan fingerprint density at radius 1 is 1.00 bits per heavy atom. The van der Waals surface area contributed by atoms with E-state index in [-0.39, 0.29) is 24.2 Å². The first-order chi connectivity index (χ1) is 12.0. The van der Waals surface area contributed by atoms with E-state index in [9.17, 15) is 9.59 Å². The van der Waals surface area contributed by atoms with E-state index in [1.54, 1.807) is 4.90 Å². The van der Waals surface area contributed by atoms with Gasteiger partial charge in [-0.25, -0.2) is 0 Å². The van der Waals surface area contributed by atoms with Gasteiger partial charge in [0.05, 0.1) is 5.92 Å². The number of nitrogens with two attached hydrogens (primary N) is 1. The average Bonchev–Trinajstić information content (AvgIpc) is 2.96. The fourth-order valence-corrected chi connectivity index (χ4v) is 6.61. The van der Waals surface area contributed by atoms with Crippen LogP contribution < -0.4 is 10.6 Å². The molecule has 5 aliphatic rings. The quantitative estimate of drug-likeness (QED) is 0.921. The molecule has 1 aromatic carbocycles. The molecular formula is C21H26N2O2. The summed E-state index contributed by atoms with van der Waals surface area (Å²) in [4.78, 5) is 25.3. The Morgan fingerprint density at radius 2 is 1.56 bits per heavy atom. The molecular weight excluding hydrogens is 312 g/mol. The molecule has 1 atom stereocenters. The van der Waals surface area contributed by atoms with Gasteiger partial charge in [0.2, 0.25) is 11.8 Å². The van der Waals surface area contributed by atoms with Crippen molar-refractivity contribution in [2.45, 2.75) is 50.4 Å². The van der Waals surface area contributed by atoms with Crippen LogP contribution in [0.2, 0.25) is 0 Å².